The molecule has 1 atom stereocenters. The van der Waals surface area contributed by atoms with Crippen LogP contribution in [0.2, 0.25) is 0 Å². The van der Waals surface area contributed by atoms with E-state index in [9.17, 15) is 4.79 Å². The average molecular weight is 366 g/mol. The largest absolute Gasteiger partial charge is 0.323 e. The van der Waals surface area contributed by atoms with Crippen molar-refractivity contribution >= 4 is 17.4 Å². The Labute approximate surface area is 162 Å². The second-order valence-corrected chi connectivity index (χ2v) is 7.62. The summed E-state index contributed by atoms with van der Waals surface area (Å²) < 4.78 is 0. The summed E-state index contributed by atoms with van der Waals surface area (Å²) in [6.07, 6.45) is 8.18. The van der Waals surface area contributed by atoms with Gasteiger partial charge in [-0.15, -0.1) is 0 Å². The van der Waals surface area contributed by atoms with Crippen LogP contribution in [0.25, 0.3) is 0 Å². The molecule has 3 rings (SSSR count). The first kappa shape index (κ1) is 19.4. The lowest BCUT2D eigenvalue weighted by molar-refractivity contribution is 0.262. The zero-order chi connectivity index (χ0) is 18.9. The van der Waals surface area contributed by atoms with Crippen molar-refractivity contribution in [3.63, 3.8) is 0 Å². The van der Waals surface area contributed by atoms with Gasteiger partial charge < -0.3 is 16.0 Å². The van der Waals surface area contributed by atoms with Crippen LogP contribution in [0.4, 0.5) is 16.2 Å². The summed E-state index contributed by atoms with van der Waals surface area (Å²) in [7, 11) is 0. The van der Waals surface area contributed by atoms with Gasteiger partial charge in [-0.25, -0.2) is 4.79 Å². The fourth-order valence-corrected chi connectivity index (χ4v) is 3.89. The maximum Gasteiger partial charge on any atom is 0.323 e. The first-order valence-corrected chi connectivity index (χ1v) is 10.1. The molecule has 0 unspecified atom stereocenters. The summed E-state index contributed by atoms with van der Waals surface area (Å²) in [6, 6.07) is 17.7. The van der Waals surface area contributed by atoms with E-state index in [1.807, 2.05) is 48.5 Å². The van der Waals surface area contributed by atoms with E-state index < -0.39 is 0 Å². The lowest BCUT2D eigenvalue weighted by Gasteiger charge is -2.25. The van der Waals surface area contributed by atoms with E-state index in [1.54, 1.807) is 0 Å². The number of hydrogen-bond acceptors (Lipinski definition) is 2. The third-order valence-electron chi connectivity index (χ3n) is 5.35. The van der Waals surface area contributed by atoms with Crippen LogP contribution < -0.4 is 16.0 Å². The van der Waals surface area contributed by atoms with Crippen LogP contribution in [-0.2, 0) is 6.54 Å². The monoisotopic (exact) mass is 365 g/mol. The Hall–Kier alpha value is -2.33. The highest BCUT2D eigenvalue weighted by atomic mass is 16.2. The first-order valence-electron chi connectivity index (χ1n) is 10.1. The second kappa shape index (κ2) is 10.1. The van der Waals surface area contributed by atoms with E-state index in [0.717, 1.165) is 29.4 Å². The zero-order valence-electron chi connectivity index (χ0n) is 16.2. The third kappa shape index (κ3) is 6.40. The molecule has 2 aromatic carbocycles. The van der Waals surface area contributed by atoms with Crippen LogP contribution in [-0.4, -0.2) is 12.1 Å². The highest BCUT2D eigenvalue weighted by Gasteiger charge is 2.16. The van der Waals surface area contributed by atoms with Gasteiger partial charge in [0.05, 0.1) is 0 Å². The molecule has 1 aliphatic carbocycles. The van der Waals surface area contributed by atoms with Crippen molar-refractivity contribution in [1.29, 1.82) is 0 Å². The lowest BCUT2D eigenvalue weighted by Crippen LogP contribution is -2.29. The van der Waals surface area contributed by atoms with Crippen LogP contribution >= 0.6 is 0 Å². The van der Waals surface area contributed by atoms with Crippen molar-refractivity contribution in [2.45, 2.75) is 58.0 Å². The normalized spacial score (nSPS) is 15.9. The minimum Gasteiger partial charge on any atom is -0.310 e. The Kier molecular flexibility index (Phi) is 7.28. The predicted molar refractivity (Wildman–Crippen MR) is 113 cm³/mol. The fourth-order valence-electron chi connectivity index (χ4n) is 3.89. The van der Waals surface area contributed by atoms with Crippen molar-refractivity contribution in [3.8, 4) is 0 Å². The standard InChI is InChI=1S/C23H31N3O/c1-18(16-19-10-4-2-5-11-19)24-17-20-12-8-9-15-22(20)26-23(27)25-21-13-6-3-7-14-21/h3,6-9,12-15,18-19,24H,2,4-5,10-11,16-17H2,1H3,(H2,25,26,27)/t18-/m0/s1. The summed E-state index contributed by atoms with van der Waals surface area (Å²) in [5.41, 5.74) is 2.74. The van der Waals surface area contributed by atoms with Gasteiger partial charge in [-0.2, -0.15) is 0 Å². The molecule has 0 spiro atoms. The van der Waals surface area contributed by atoms with Crippen molar-refractivity contribution in [2.24, 2.45) is 5.92 Å². The van der Waals surface area contributed by atoms with Crippen LogP contribution in [0.15, 0.2) is 54.6 Å². The topological polar surface area (TPSA) is 53.2 Å². The first-order chi connectivity index (χ1) is 13.2. The van der Waals surface area contributed by atoms with Crippen molar-refractivity contribution < 1.29 is 4.79 Å². The van der Waals surface area contributed by atoms with Gasteiger partial charge in [0.15, 0.2) is 0 Å². The molecule has 1 aliphatic rings. The van der Waals surface area contributed by atoms with Gasteiger partial charge in [0, 0.05) is 24.0 Å². The Morgan fingerprint density at radius 2 is 1.67 bits per heavy atom. The Morgan fingerprint density at radius 1 is 0.963 bits per heavy atom. The van der Waals surface area contributed by atoms with Crippen LogP contribution in [0.1, 0.15) is 51.0 Å². The molecule has 2 amide bonds. The molecule has 0 radical (unpaired) electrons. The van der Waals surface area contributed by atoms with Gasteiger partial charge in [0.2, 0.25) is 0 Å². The predicted octanol–water partition coefficient (Wildman–Crippen LogP) is 5.78. The minimum absolute atomic E-state index is 0.219. The molecule has 3 N–H and O–H groups in total. The van der Waals surface area contributed by atoms with E-state index in [1.165, 1.54) is 38.5 Å². The van der Waals surface area contributed by atoms with Crippen LogP contribution in [0, 0.1) is 5.92 Å². The van der Waals surface area contributed by atoms with Gasteiger partial charge in [-0.3, -0.25) is 0 Å². The number of para-hydroxylation sites is 2. The van der Waals surface area contributed by atoms with Gasteiger partial charge in [0.25, 0.3) is 0 Å². The number of benzene rings is 2. The molecule has 0 bridgehead atoms. The quantitative estimate of drug-likeness (QED) is 0.582. The molecule has 4 nitrogen and oxygen atoms in total. The molecule has 1 saturated carbocycles. The van der Waals surface area contributed by atoms with Crippen LogP contribution in [0.3, 0.4) is 0 Å². The average Bonchev–Trinajstić information content (AvgIpc) is 2.69. The molecule has 144 valence electrons. The van der Waals surface area contributed by atoms with Crippen molar-refractivity contribution in [1.82, 2.24) is 5.32 Å². The van der Waals surface area contributed by atoms with E-state index >= 15 is 0 Å². The second-order valence-electron chi connectivity index (χ2n) is 7.62. The molecular weight excluding hydrogens is 334 g/mol. The molecular formula is C23H31N3O. The van der Waals surface area contributed by atoms with Gasteiger partial charge in [0.1, 0.15) is 0 Å². The van der Waals surface area contributed by atoms with Crippen molar-refractivity contribution in [2.75, 3.05) is 10.6 Å². The Bertz CT molecular complexity index is 711. The number of urea groups is 1. The number of anilines is 2. The molecule has 0 saturated heterocycles. The van der Waals surface area contributed by atoms with E-state index in [-0.39, 0.29) is 6.03 Å². The molecule has 2 aromatic rings. The number of carbonyl (C=O) groups is 1. The van der Waals surface area contributed by atoms with Gasteiger partial charge in [-0.05, 0) is 43.0 Å². The van der Waals surface area contributed by atoms with Gasteiger partial charge in [-0.1, -0.05) is 68.5 Å². The third-order valence-corrected chi connectivity index (χ3v) is 5.35. The number of nitrogens with one attached hydrogen (secondary N) is 3. The molecule has 0 heterocycles. The molecule has 0 aliphatic heterocycles. The maximum absolute atomic E-state index is 12.3. The SMILES string of the molecule is C[C@@H](CC1CCCCC1)NCc1ccccc1NC(=O)Nc1ccccc1. The number of hydrogen-bond donors (Lipinski definition) is 3. The molecule has 4 heteroatoms. The fraction of sp³-hybridized carbons (Fsp3) is 0.435. The maximum atomic E-state index is 12.3. The Morgan fingerprint density at radius 3 is 2.44 bits per heavy atom. The highest BCUT2D eigenvalue weighted by Crippen LogP contribution is 2.27. The van der Waals surface area contributed by atoms with E-state index in [2.05, 4.69) is 28.9 Å². The van der Waals surface area contributed by atoms with E-state index in [0.29, 0.717) is 6.04 Å². The number of rotatable bonds is 7. The van der Waals surface area contributed by atoms with Crippen molar-refractivity contribution in [3.05, 3.63) is 60.2 Å². The molecule has 0 aromatic heterocycles. The van der Waals surface area contributed by atoms with E-state index in [4.69, 9.17) is 0 Å². The molecule has 27 heavy (non-hydrogen) atoms. The van der Waals surface area contributed by atoms with Gasteiger partial charge >= 0.3 is 6.03 Å². The van der Waals surface area contributed by atoms with Crippen LogP contribution in [0.5, 0.6) is 0 Å². The number of carbonyl (C=O) groups excluding carboxylic acids is 1. The summed E-state index contributed by atoms with van der Waals surface area (Å²) >= 11 is 0. The minimum atomic E-state index is -0.219. The summed E-state index contributed by atoms with van der Waals surface area (Å²) in [5, 5.41) is 9.48. The number of amides is 2. The molecule has 1 fully saturated rings. The summed E-state index contributed by atoms with van der Waals surface area (Å²) in [5.74, 6) is 0.867. The highest BCUT2D eigenvalue weighted by molar-refractivity contribution is 6.00. The summed E-state index contributed by atoms with van der Waals surface area (Å²) in [4.78, 5) is 12.3. The lowest BCUT2D eigenvalue weighted by atomic mass is 9.85. The Balaban J connectivity index is 1.51. The zero-order valence-corrected chi connectivity index (χ0v) is 16.2. The smallest absolute Gasteiger partial charge is 0.310 e. The summed E-state index contributed by atoms with van der Waals surface area (Å²) in [6.45, 7) is 3.03.